The molecule has 3 aromatic carbocycles. The molecule has 0 aliphatic carbocycles. The number of hydrogen-bond donors (Lipinski definition) is 3. The van der Waals surface area contributed by atoms with E-state index in [1.165, 1.54) is 55.6 Å². The van der Waals surface area contributed by atoms with Crippen LogP contribution in [0.15, 0.2) is 65.6 Å². The van der Waals surface area contributed by atoms with Crippen molar-refractivity contribution in [2.24, 2.45) is 0 Å². The van der Waals surface area contributed by atoms with E-state index < -0.39 is 39.3 Å². The number of β-amino-alcohol motifs (C(OH)–C–C–N with tert-alkyl or cyclic N) is 1. The summed E-state index contributed by atoms with van der Waals surface area (Å²) in [6.07, 6.45) is -0.612. The predicted octanol–water partition coefficient (Wildman–Crippen LogP) is 4.58. The smallest absolute Gasteiger partial charge is 0.335 e. The number of sulfonamides is 1. The first-order valence-corrected chi connectivity index (χ1v) is 13.5. The van der Waals surface area contributed by atoms with Crippen molar-refractivity contribution in [1.82, 2.24) is 9.62 Å². The minimum atomic E-state index is -4.04. The summed E-state index contributed by atoms with van der Waals surface area (Å²) < 4.78 is 55.6. The average molecular weight is 567 g/mol. The van der Waals surface area contributed by atoms with Gasteiger partial charge in [-0.25, -0.2) is 22.0 Å². The van der Waals surface area contributed by atoms with Crippen molar-refractivity contribution < 1.29 is 32.2 Å². The van der Waals surface area contributed by atoms with Crippen molar-refractivity contribution in [3.63, 3.8) is 0 Å². The summed E-state index contributed by atoms with van der Waals surface area (Å²) in [5.41, 5.74) is 0.277. The number of halogens is 3. The van der Waals surface area contributed by atoms with Crippen LogP contribution in [0.25, 0.3) is 11.1 Å². The number of nitrogens with zero attached hydrogens (tertiary/aromatic N) is 1. The van der Waals surface area contributed by atoms with Crippen LogP contribution in [0.3, 0.4) is 0 Å². The van der Waals surface area contributed by atoms with Gasteiger partial charge in [0.05, 0.1) is 21.6 Å². The lowest BCUT2D eigenvalue weighted by molar-refractivity contribution is 0.0696. The molecule has 7 nitrogen and oxygen atoms in total. The molecule has 0 aliphatic heterocycles. The van der Waals surface area contributed by atoms with Crippen molar-refractivity contribution in [1.29, 1.82) is 0 Å². The largest absolute Gasteiger partial charge is 0.478 e. The Morgan fingerprint density at radius 2 is 1.79 bits per heavy atom. The van der Waals surface area contributed by atoms with Crippen LogP contribution in [0.1, 0.15) is 29.8 Å². The maximum Gasteiger partial charge on any atom is 0.335 e. The molecule has 0 saturated carbocycles. The highest BCUT2D eigenvalue weighted by Crippen LogP contribution is 2.27. The van der Waals surface area contributed by atoms with Gasteiger partial charge >= 0.3 is 5.97 Å². The van der Waals surface area contributed by atoms with E-state index in [0.29, 0.717) is 12.0 Å². The number of aromatic carboxylic acids is 1. The monoisotopic (exact) mass is 566 g/mol. The van der Waals surface area contributed by atoms with Gasteiger partial charge in [-0.05, 0) is 67.8 Å². The summed E-state index contributed by atoms with van der Waals surface area (Å²) in [7, 11) is -2.71. The quantitative estimate of drug-likeness (QED) is 0.314. The van der Waals surface area contributed by atoms with Crippen molar-refractivity contribution in [3.8, 4) is 11.1 Å². The Kier molecular flexibility index (Phi) is 9.27. The summed E-state index contributed by atoms with van der Waals surface area (Å²) in [6, 6.07) is 13.6. The minimum absolute atomic E-state index is 0.0333. The summed E-state index contributed by atoms with van der Waals surface area (Å²) in [5.74, 6) is -2.59. The van der Waals surface area contributed by atoms with E-state index in [2.05, 4.69) is 5.32 Å². The van der Waals surface area contributed by atoms with E-state index in [0.717, 1.165) is 10.4 Å². The van der Waals surface area contributed by atoms with Crippen molar-refractivity contribution in [3.05, 3.63) is 88.4 Å². The van der Waals surface area contributed by atoms with E-state index in [-0.39, 0.29) is 39.7 Å². The first kappa shape index (κ1) is 29.7. The molecule has 38 heavy (non-hydrogen) atoms. The van der Waals surface area contributed by atoms with Crippen LogP contribution in [-0.4, -0.2) is 60.7 Å². The third-order valence-electron chi connectivity index (χ3n) is 5.98. The number of carbonyl (C=O) groups is 1. The lowest BCUT2D eigenvalue weighted by atomic mass is 9.94. The van der Waals surface area contributed by atoms with Gasteiger partial charge in [-0.15, -0.1) is 0 Å². The van der Waals surface area contributed by atoms with E-state index in [1.807, 2.05) is 13.8 Å². The Hall–Kier alpha value is -2.89. The molecule has 0 saturated heterocycles. The molecular weight excluding hydrogens is 538 g/mol. The van der Waals surface area contributed by atoms with Gasteiger partial charge in [-0.3, -0.25) is 0 Å². The van der Waals surface area contributed by atoms with Gasteiger partial charge in [0.25, 0.3) is 0 Å². The van der Waals surface area contributed by atoms with Gasteiger partial charge in [-0.2, -0.15) is 4.31 Å². The Balaban J connectivity index is 1.66. The fraction of sp³-hybridized carbons (Fsp3) is 0.296. The molecule has 1 atom stereocenters. The van der Waals surface area contributed by atoms with E-state index in [9.17, 15) is 27.1 Å². The van der Waals surface area contributed by atoms with Crippen LogP contribution in [0.5, 0.6) is 0 Å². The fourth-order valence-electron chi connectivity index (χ4n) is 3.96. The molecule has 3 rings (SSSR count). The molecule has 0 aromatic heterocycles. The number of benzene rings is 3. The molecule has 1 unspecified atom stereocenters. The van der Waals surface area contributed by atoms with Gasteiger partial charge in [0.1, 0.15) is 11.6 Å². The molecule has 11 heteroatoms. The van der Waals surface area contributed by atoms with Crippen LogP contribution in [0.4, 0.5) is 8.78 Å². The number of likely N-dealkylation sites (N-methyl/N-ethyl adjacent to an activating group) is 1. The highest BCUT2D eigenvalue weighted by atomic mass is 35.5. The first-order chi connectivity index (χ1) is 17.7. The number of aliphatic hydroxyl groups excluding tert-OH is 1. The third kappa shape index (κ3) is 7.36. The van der Waals surface area contributed by atoms with Gasteiger partial charge in [0.15, 0.2) is 0 Å². The molecule has 3 aromatic rings. The zero-order chi connectivity index (χ0) is 28.3. The van der Waals surface area contributed by atoms with Gasteiger partial charge in [-0.1, -0.05) is 35.9 Å². The van der Waals surface area contributed by atoms with Gasteiger partial charge in [0, 0.05) is 31.2 Å². The second kappa shape index (κ2) is 11.9. The topological polar surface area (TPSA) is 107 Å². The maximum absolute atomic E-state index is 14.5. The molecule has 0 amide bonds. The molecule has 0 bridgehead atoms. The Labute approximate surface area is 225 Å². The number of nitrogens with one attached hydrogen (secondary N) is 1. The summed E-state index contributed by atoms with van der Waals surface area (Å²) >= 11 is 5.73. The molecule has 0 spiro atoms. The molecule has 0 fully saturated rings. The highest BCUT2D eigenvalue weighted by molar-refractivity contribution is 7.89. The number of hydrogen-bond acceptors (Lipinski definition) is 5. The minimum Gasteiger partial charge on any atom is -0.478 e. The molecule has 0 radical (unpaired) electrons. The van der Waals surface area contributed by atoms with Gasteiger partial charge < -0.3 is 15.5 Å². The third-order valence-corrected chi connectivity index (χ3v) is 8.11. The van der Waals surface area contributed by atoms with Crippen LogP contribution in [0.2, 0.25) is 5.02 Å². The molecule has 204 valence electrons. The van der Waals surface area contributed by atoms with Crippen molar-refractivity contribution >= 4 is 27.6 Å². The summed E-state index contributed by atoms with van der Waals surface area (Å²) in [6.45, 7) is 3.61. The van der Waals surface area contributed by atoms with Gasteiger partial charge in [0.2, 0.25) is 10.0 Å². The molecule has 0 heterocycles. The Morgan fingerprint density at radius 1 is 1.08 bits per heavy atom. The van der Waals surface area contributed by atoms with Crippen LogP contribution in [-0.2, 0) is 16.4 Å². The van der Waals surface area contributed by atoms with E-state index in [4.69, 9.17) is 16.7 Å². The molecule has 0 aliphatic rings. The maximum atomic E-state index is 14.5. The van der Waals surface area contributed by atoms with Crippen LogP contribution < -0.4 is 5.32 Å². The Morgan fingerprint density at radius 3 is 2.42 bits per heavy atom. The van der Waals surface area contributed by atoms with E-state index >= 15 is 0 Å². The Bertz CT molecular complexity index is 1430. The highest BCUT2D eigenvalue weighted by Gasteiger charge is 2.26. The van der Waals surface area contributed by atoms with Crippen LogP contribution in [0, 0.1) is 11.6 Å². The molecular formula is C27H29ClF2N2O5S. The number of carboxylic acid groups (broad SMARTS) is 1. The lowest BCUT2D eigenvalue weighted by Gasteiger charge is -2.29. The standard InChI is InChI=1S/C27H29ClF2N2O5S/c1-27(2,14-17-7-10-23(28)25(30)11-17)31-15-20(33)16-32(3)38(36,37)21-6-4-5-18(12-21)22-9-8-19(26(34)35)13-24(22)29/h4-13,20,31,33H,14-16H2,1-3H3,(H,34,35). The summed E-state index contributed by atoms with van der Waals surface area (Å²) in [5, 5.41) is 22.8. The normalized spacial score (nSPS) is 13.1. The van der Waals surface area contributed by atoms with Crippen molar-refractivity contribution in [2.75, 3.05) is 20.1 Å². The molecule has 3 N–H and O–H groups in total. The van der Waals surface area contributed by atoms with E-state index in [1.54, 1.807) is 6.07 Å². The zero-order valence-electron chi connectivity index (χ0n) is 21.1. The second-order valence-electron chi connectivity index (χ2n) is 9.66. The first-order valence-electron chi connectivity index (χ1n) is 11.7. The number of aliphatic hydroxyl groups is 1. The number of rotatable bonds is 11. The summed E-state index contributed by atoms with van der Waals surface area (Å²) in [4.78, 5) is 11.0. The number of carboxylic acids is 1. The lowest BCUT2D eigenvalue weighted by Crippen LogP contribution is -2.47. The SMILES string of the molecule is CN(CC(O)CNC(C)(C)Cc1ccc(Cl)c(F)c1)S(=O)(=O)c1cccc(-c2ccc(C(=O)O)cc2F)c1. The van der Waals surface area contributed by atoms with Crippen LogP contribution >= 0.6 is 11.6 Å². The predicted molar refractivity (Wildman–Crippen MR) is 142 cm³/mol. The zero-order valence-corrected chi connectivity index (χ0v) is 22.7. The average Bonchev–Trinajstić information content (AvgIpc) is 2.85. The van der Waals surface area contributed by atoms with Crippen molar-refractivity contribution in [2.45, 2.75) is 36.8 Å². The second-order valence-corrected chi connectivity index (χ2v) is 12.1. The fourth-order valence-corrected chi connectivity index (χ4v) is 5.33.